The van der Waals surface area contributed by atoms with E-state index < -0.39 is 36.9 Å². The zero-order chi connectivity index (χ0) is 20.4. The van der Waals surface area contributed by atoms with Crippen LogP contribution in [0.2, 0.25) is 0 Å². The van der Waals surface area contributed by atoms with E-state index in [0.29, 0.717) is 24.2 Å². The standard InChI is InChI=1S/C19H24F3N3O3/c1-28-15-7-5-14(6-8-15)11-24(12-19(20,21)22)13-25-16(26)18(23-17(25)27)9-3-2-4-10-18/h5-8H,2-4,9-13H2,1H3,(H,23,27). The van der Waals surface area contributed by atoms with Crippen LogP contribution < -0.4 is 10.1 Å². The molecule has 1 heterocycles. The first-order valence-corrected chi connectivity index (χ1v) is 9.29. The number of ether oxygens (including phenoxy) is 1. The van der Waals surface area contributed by atoms with Gasteiger partial charge >= 0.3 is 12.2 Å². The van der Waals surface area contributed by atoms with E-state index in [2.05, 4.69) is 5.32 Å². The van der Waals surface area contributed by atoms with Gasteiger partial charge in [0.1, 0.15) is 11.3 Å². The van der Waals surface area contributed by atoms with E-state index in [-0.39, 0.29) is 6.54 Å². The molecule has 1 spiro atoms. The molecule has 0 radical (unpaired) electrons. The molecular weight excluding hydrogens is 375 g/mol. The number of nitrogens with one attached hydrogen (secondary N) is 1. The summed E-state index contributed by atoms with van der Waals surface area (Å²) in [7, 11) is 1.50. The molecule has 3 rings (SSSR count). The van der Waals surface area contributed by atoms with Gasteiger partial charge in [0, 0.05) is 6.54 Å². The Morgan fingerprint density at radius 3 is 2.36 bits per heavy atom. The van der Waals surface area contributed by atoms with Crippen LogP contribution in [-0.4, -0.2) is 53.8 Å². The van der Waals surface area contributed by atoms with Crippen molar-refractivity contribution in [2.75, 3.05) is 20.3 Å². The summed E-state index contributed by atoms with van der Waals surface area (Å²) in [6.45, 7) is -1.67. The van der Waals surface area contributed by atoms with Crippen molar-refractivity contribution in [3.63, 3.8) is 0 Å². The summed E-state index contributed by atoms with van der Waals surface area (Å²) < 4.78 is 44.3. The lowest BCUT2D eigenvalue weighted by Gasteiger charge is -2.31. The van der Waals surface area contributed by atoms with E-state index in [9.17, 15) is 22.8 Å². The second kappa shape index (κ2) is 7.98. The number of urea groups is 1. The number of benzene rings is 1. The molecule has 1 aliphatic carbocycles. The maximum atomic E-state index is 13.1. The molecule has 28 heavy (non-hydrogen) atoms. The third-order valence-electron chi connectivity index (χ3n) is 5.26. The first-order chi connectivity index (χ1) is 13.2. The van der Waals surface area contributed by atoms with Crippen molar-refractivity contribution < 1.29 is 27.5 Å². The predicted molar refractivity (Wildman–Crippen MR) is 95.5 cm³/mol. The molecule has 3 amide bonds. The topological polar surface area (TPSA) is 61.9 Å². The van der Waals surface area contributed by atoms with Gasteiger partial charge in [0.25, 0.3) is 5.91 Å². The highest BCUT2D eigenvalue weighted by Crippen LogP contribution is 2.34. The van der Waals surface area contributed by atoms with Crippen LogP contribution in [-0.2, 0) is 11.3 Å². The zero-order valence-electron chi connectivity index (χ0n) is 15.7. The lowest BCUT2D eigenvalue weighted by molar-refractivity contribution is -0.154. The van der Waals surface area contributed by atoms with Gasteiger partial charge in [0.15, 0.2) is 0 Å². The minimum atomic E-state index is -4.45. The fourth-order valence-corrected chi connectivity index (χ4v) is 3.90. The number of amides is 3. The fourth-order valence-electron chi connectivity index (χ4n) is 3.90. The van der Waals surface area contributed by atoms with Crippen LogP contribution in [0, 0.1) is 0 Å². The SMILES string of the molecule is COc1ccc(CN(CN2C(=O)NC3(CCCCC3)C2=O)CC(F)(F)F)cc1. The smallest absolute Gasteiger partial charge is 0.401 e. The van der Waals surface area contributed by atoms with E-state index in [0.717, 1.165) is 29.1 Å². The summed E-state index contributed by atoms with van der Waals surface area (Å²) >= 11 is 0. The van der Waals surface area contributed by atoms with E-state index in [4.69, 9.17) is 4.74 Å². The quantitative estimate of drug-likeness (QED) is 0.746. The largest absolute Gasteiger partial charge is 0.497 e. The fraction of sp³-hybridized carbons (Fsp3) is 0.579. The van der Waals surface area contributed by atoms with Gasteiger partial charge in [-0.05, 0) is 30.5 Å². The van der Waals surface area contributed by atoms with Crippen molar-refractivity contribution in [1.29, 1.82) is 0 Å². The van der Waals surface area contributed by atoms with Crippen LogP contribution in [0.25, 0.3) is 0 Å². The Morgan fingerprint density at radius 2 is 1.79 bits per heavy atom. The second-order valence-electron chi connectivity index (χ2n) is 7.40. The highest BCUT2D eigenvalue weighted by molar-refractivity contribution is 6.07. The highest BCUT2D eigenvalue weighted by atomic mass is 19.4. The molecule has 0 bridgehead atoms. The summed E-state index contributed by atoms with van der Waals surface area (Å²) in [5, 5.41) is 2.73. The lowest BCUT2D eigenvalue weighted by Crippen LogP contribution is -2.49. The molecule has 6 nitrogen and oxygen atoms in total. The van der Waals surface area contributed by atoms with E-state index in [1.54, 1.807) is 24.3 Å². The number of hydrogen-bond donors (Lipinski definition) is 1. The number of imide groups is 1. The van der Waals surface area contributed by atoms with Crippen molar-refractivity contribution in [3.8, 4) is 5.75 Å². The van der Waals surface area contributed by atoms with E-state index >= 15 is 0 Å². The number of hydrogen-bond acceptors (Lipinski definition) is 4. The molecule has 2 aliphatic rings. The van der Waals surface area contributed by atoms with Crippen LogP contribution in [0.4, 0.5) is 18.0 Å². The Labute approximate surface area is 161 Å². The molecule has 1 aromatic carbocycles. The minimum absolute atomic E-state index is 0.0481. The Bertz CT molecular complexity index is 715. The molecule has 1 aromatic rings. The van der Waals surface area contributed by atoms with Crippen molar-refractivity contribution in [1.82, 2.24) is 15.1 Å². The van der Waals surface area contributed by atoms with Crippen LogP contribution in [0.3, 0.4) is 0 Å². The van der Waals surface area contributed by atoms with Gasteiger partial charge in [-0.1, -0.05) is 31.4 Å². The predicted octanol–water partition coefficient (Wildman–Crippen LogP) is 3.27. The number of carbonyl (C=O) groups excluding carboxylic acids is 2. The normalized spacial score (nSPS) is 19.4. The maximum Gasteiger partial charge on any atom is 0.401 e. The molecule has 1 N–H and O–H groups in total. The summed E-state index contributed by atoms with van der Waals surface area (Å²) in [5.74, 6) is 0.179. The number of carbonyl (C=O) groups is 2. The molecule has 1 aliphatic heterocycles. The van der Waals surface area contributed by atoms with E-state index in [1.165, 1.54) is 7.11 Å². The maximum absolute atomic E-state index is 13.1. The lowest BCUT2D eigenvalue weighted by atomic mass is 9.82. The monoisotopic (exact) mass is 399 g/mol. The van der Waals surface area contributed by atoms with Crippen molar-refractivity contribution in [3.05, 3.63) is 29.8 Å². The molecule has 9 heteroatoms. The van der Waals surface area contributed by atoms with Gasteiger partial charge in [0.2, 0.25) is 0 Å². The average Bonchev–Trinajstić information content (AvgIpc) is 2.85. The van der Waals surface area contributed by atoms with Gasteiger partial charge in [0.05, 0.1) is 20.3 Å². The van der Waals surface area contributed by atoms with Crippen molar-refractivity contribution in [2.24, 2.45) is 0 Å². The van der Waals surface area contributed by atoms with Crippen LogP contribution in [0.1, 0.15) is 37.7 Å². The molecular formula is C19H24F3N3O3. The van der Waals surface area contributed by atoms with Crippen molar-refractivity contribution in [2.45, 2.75) is 50.4 Å². The minimum Gasteiger partial charge on any atom is -0.497 e. The third kappa shape index (κ3) is 4.57. The molecule has 2 fully saturated rings. The van der Waals surface area contributed by atoms with Crippen LogP contribution in [0.15, 0.2) is 24.3 Å². The van der Waals surface area contributed by atoms with Gasteiger partial charge in [-0.3, -0.25) is 9.69 Å². The molecule has 0 unspecified atom stereocenters. The Balaban J connectivity index is 1.74. The number of rotatable bonds is 6. The molecule has 0 atom stereocenters. The molecule has 0 aromatic heterocycles. The summed E-state index contributed by atoms with van der Waals surface area (Å²) in [5.41, 5.74) is -0.316. The van der Waals surface area contributed by atoms with Gasteiger partial charge in [-0.2, -0.15) is 13.2 Å². The average molecular weight is 399 g/mol. The highest BCUT2D eigenvalue weighted by Gasteiger charge is 2.51. The molecule has 1 saturated heterocycles. The van der Waals surface area contributed by atoms with Crippen LogP contribution in [0.5, 0.6) is 5.75 Å². The summed E-state index contributed by atoms with van der Waals surface area (Å²) in [4.78, 5) is 27.2. The number of methoxy groups -OCH3 is 1. The first-order valence-electron chi connectivity index (χ1n) is 9.29. The third-order valence-corrected chi connectivity index (χ3v) is 5.26. The first kappa shape index (κ1) is 20.4. The molecule has 154 valence electrons. The van der Waals surface area contributed by atoms with Gasteiger partial charge < -0.3 is 10.1 Å². The van der Waals surface area contributed by atoms with E-state index in [1.807, 2.05) is 0 Å². The second-order valence-corrected chi connectivity index (χ2v) is 7.40. The Hall–Kier alpha value is -2.29. The number of halogens is 3. The summed E-state index contributed by atoms with van der Waals surface area (Å²) in [6.07, 6.45) is -0.760. The van der Waals surface area contributed by atoms with Gasteiger partial charge in [-0.25, -0.2) is 9.69 Å². The number of alkyl halides is 3. The Morgan fingerprint density at radius 1 is 1.14 bits per heavy atom. The zero-order valence-corrected chi connectivity index (χ0v) is 15.7. The van der Waals surface area contributed by atoms with Gasteiger partial charge in [-0.15, -0.1) is 0 Å². The molecule has 1 saturated carbocycles. The number of nitrogens with zero attached hydrogens (tertiary/aromatic N) is 2. The Kier molecular flexibility index (Phi) is 5.83. The summed E-state index contributed by atoms with van der Waals surface area (Å²) in [6, 6.07) is 6.03. The van der Waals surface area contributed by atoms with Crippen LogP contribution >= 0.6 is 0 Å². The van der Waals surface area contributed by atoms with Crippen molar-refractivity contribution >= 4 is 11.9 Å².